The summed E-state index contributed by atoms with van der Waals surface area (Å²) in [6.07, 6.45) is 0.920. The molecule has 4 heteroatoms. The lowest BCUT2D eigenvalue weighted by atomic mass is 9.74. The highest BCUT2D eigenvalue weighted by Gasteiger charge is 2.37. The summed E-state index contributed by atoms with van der Waals surface area (Å²) in [7, 11) is 0. The van der Waals surface area contributed by atoms with Gasteiger partial charge >= 0.3 is 6.09 Å². The van der Waals surface area contributed by atoms with Crippen LogP contribution in [0.4, 0.5) is 4.79 Å². The summed E-state index contributed by atoms with van der Waals surface area (Å²) < 4.78 is 11.5. The number of nitrogens with one attached hydrogen (secondary N) is 1. The van der Waals surface area contributed by atoms with Crippen molar-refractivity contribution in [3.63, 3.8) is 0 Å². The van der Waals surface area contributed by atoms with E-state index < -0.39 is 17.2 Å². The number of rotatable bonds is 4. The minimum atomic E-state index is -0.500. The molecular weight excluding hydrogens is 314 g/mol. The van der Waals surface area contributed by atoms with E-state index in [-0.39, 0.29) is 16.9 Å². The maximum absolute atomic E-state index is 11.9. The van der Waals surface area contributed by atoms with Gasteiger partial charge in [0.05, 0.1) is 18.2 Å². The van der Waals surface area contributed by atoms with Crippen molar-refractivity contribution in [2.45, 2.75) is 114 Å². The van der Waals surface area contributed by atoms with Crippen LogP contribution in [-0.4, -0.2) is 29.9 Å². The van der Waals surface area contributed by atoms with Crippen LogP contribution in [0.2, 0.25) is 0 Å². The lowest BCUT2D eigenvalue weighted by Crippen LogP contribution is -2.51. The summed E-state index contributed by atoms with van der Waals surface area (Å²) in [5, 5.41) is 2.88. The van der Waals surface area contributed by atoms with Crippen molar-refractivity contribution in [2.24, 2.45) is 10.8 Å². The molecule has 0 saturated heterocycles. The fraction of sp³-hybridized carbons (Fsp3) is 0.952. The highest BCUT2D eigenvalue weighted by molar-refractivity contribution is 5.68. The van der Waals surface area contributed by atoms with Crippen molar-refractivity contribution >= 4 is 6.09 Å². The van der Waals surface area contributed by atoms with E-state index in [1.165, 1.54) is 6.42 Å². The second kappa shape index (κ2) is 9.80. The molecule has 0 saturated carbocycles. The average molecular weight is 360 g/mol. The van der Waals surface area contributed by atoms with Crippen molar-refractivity contribution in [3.05, 3.63) is 0 Å². The van der Waals surface area contributed by atoms with Crippen LogP contribution in [0.15, 0.2) is 0 Å². The van der Waals surface area contributed by atoms with Gasteiger partial charge in [0.2, 0.25) is 0 Å². The second-order valence-electron chi connectivity index (χ2n) is 10.6. The van der Waals surface area contributed by atoms with Crippen LogP contribution in [0.25, 0.3) is 0 Å². The maximum Gasteiger partial charge on any atom is 0.408 e. The van der Waals surface area contributed by atoms with Gasteiger partial charge in [-0.25, -0.2) is 4.79 Å². The fourth-order valence-electron chi connectivity index (χ4n) is 2.71. The predicted molar refractivity (Wildman–Crippen MR) is 108 cm³/mol. The van der Waals surface area contributed by atoms with Crippen molar-refractivity contribution in [1.82, 2.24) is 5.32 Å². The number of carbonyl (C=O) groups is 1. The van der Waals surface area contributed by atoms with Crippen LogP contribution in [0.3, 0.4) is 0 Å². The van der Waals surface area contributed by atoms with E-state index in [9.17, 15) is 4.79 Å². The van der Waals surface area contributed by atoms with Gasteiger partial charge in [0.15, 0.2) is 0 Å². The Labute approximate surface area is 157 Å². The van der Waals surface area contributed by atoms with Gasteiger partial charge in [-0.3, -0.25) is 0 Å². The molecule has 0 aromatic rings. The van der Waals surface area contributed by atoms with E-state index in [4.69, 9.17) is 9.47 Å². The molecule has 0 aliphatic carbocycles. The Bertz CT molecular complexity index is 367. The molecule has 4 nitrogen and oxygen atoms in total. The van der Waals surface area contributed by atoms with Crippen LogP contribution in [-0.2, 0) is 9.47 Å². The van der Waals surface area contributed by atoms with Gasteiger partial charge in [0.1, 0.15) is 5.60 Å². The monoisotopic (exact) mass is 359 g/mol. The Balaban J connectivity index is 0. The molecule has 0 heterocycles. The standard InChI is InChI=1S/C18H37NO3.C3H8/c1-15(2,3)13(16(4,5)6)21-12-18(10,11)19-14(20)22-17(7,8)9;1-3-2/h13H,12H2,1-11H3,(H,19,20);3H2,1-2H3. The Kier molecular flexibility index (Phi) is 10.4. The van der Waals surface area contributed by atoms with E-state index in [1.807, 2.05) is 34.6 Å². The molecule has 0 aromatic heterocycles. The molecule has 0 aliphatic heterocycles. The van der Waals surface area contributed by atoms with Crippen molar-refractivity contribution in [1.29, 1.82) is 0 Å². The van der Waals surface area contributed by atoms with Gasteiger partial charge < -0.3 is 14.8 Å². The normalized spacial score (nSPS) is 13.2. The molecule has 25 heavy (non-hydrogen) atoms. The van der Waals surface area contributed by atoms with E-state index >= 15 is 0 Å². The van der Waals surface area contributed by atoms with E-state index in [1.54, 1.807) is 0 Å². The quantitative estimate of drug-likeness (QED) is 0.651. The highest BCUT2D eigenvalue weighted by atomic mass is 16.6. The number of ether oxygens (including phenoxy) is 2. The van der Waals surface area contributed by atoms with Crippen LogP contribution in [0.1, 0.15) is 96.4 Å². The van der Waals surface area contributed by atoms with Gasteiger partial charge in [0.25, 0.3) is 0 Å². The number of carbonyl (C=O) groups excluding carboxylic acids is 1. The molecule has 0 fully saturated rings. The topological polar surface area (TPSA) is 47.6 Å². The van der Waals surface area contributed by atoms with Gasteiger partial charge in [-0.15, -0.1) is 0 Å². The average Bonchev–Trinajstić information content (AvgIpc) is 2.21. The Hall–Kier alpha value is -0.770. The third-order valence-electron chi connectivity index (χ3n) is 3.02. The van der Waals surface area contributed by atoms with E-state index in [2.05, 4.69) is 60.7 Å². The van der Waals surface area contributed by atoms with Crippen LogP contribution < -0.4 is 5.32 Å². The summed E-state index contributed by atoms with van der Waals surface area (Å²) in [6.45, 7) is 27.2. The Morgan fingerprint density at radius 3 is 1.48 bits per heavy atom. The summed E-state index contributed by atoms with van der Waals surface area (Å²) in [6, 6.07) is 0. The predicted octanol–water partition coefficient (Wildman–Crippen LogP) is 6.18. The molecular formula is C21H45NO3. The van der Waals surface area contributed by atoms with Crippen molar-refractivity contribution < 1.29 is 14.3 Å². The first-order chi connectivity index (χ1) is 10.9. The third kappa shape index (κ3) is 14.1. The number of hydrogen-bond donors (Lipinski definition) is 1. The number of amides is 1. The lowest BCUT2D eigenvalue weighted by Gasteiger charge is -2.42. The van der Waals surface area contributed by atoms with E-state index in [0.29, 0.717) is 6.61 Å². The van der Waals surface area contributed by atoms with Gasteiger partial charge in [-0.1, -0.05) is 61.8 Å². The SMILES string of the molecule is CC(C)(COC(C(C)(C)C)C(C)(C)C)NC(=O)OC(C)(C)C.CCC. The highest BCUT2D eigenvalue weighted by Crippen LogP contribution is 2.36. The van der Waals surface area contributed by atoms with Gasteiger partial charge in [-0.05, 0) is 45.4 Å². The van der Waals surface area contributed by atoms with Crippen LogP contribution >= 0.6 is 0 Å². The molecule has 0 aromatic carbocycles. The fourth-order valence-corrected chi connectivity index (χ4v) is 2.71. The minimum Gasteiger partial charge on any atom is -0.444 e. The lowest BCUT2D eigenvalue weighted by molar-refractivity contribution is -0.0964. The summed E-state index contributed by atoms with van der Waals surface area (Å²) in [4.78, 5) is 11.9. The van der Waals surface area contributed by atoms with Crippen molar-refractivity contribution in [2.75, 3.05) is 6.61 Å². The zero-order valence-electron chi connectivity index (χ0n) is 19.2. The molecule has 0 spiro atoms. The first-order valence-electron chi connectivity index (χ1n) is 9.48. The largest absolute Gasteiger partial charge is 0.444 e. The van der Waals surface area contributed by atoms with Crippen LogP contribution in [0.5, 0.6) is 0 Å². The molecule has 0 atom stereocenters. The summed E-state index contributed by atoms with van der Waals surface area (Å²) >= 11 is 0. The molecule has 152 valence electrons. The Morgan fingerprint density at radius 2 is 1.20 bits per heavy atom. The number of alkyl carbamates (subject to hydrolysis) is 1. The molecule has 0 rings (SSSR count). The van der Waals surface area contributed by atoms with Gasteiger partial charge in [0, 0.05) is 0 Å². The third-order valence-corrected chi connectivity index (χ3v) is 3.02. The zero-order valence-corrected chi connectivity index (χ0v) is 19.2. The smallest absolute Gasteiger partial charge is 0.408 e. The second-order valence-corrected chi connectivity index (χ2v) is 10.6. The zero-order chi connectivity index (χ0) is 20.7. The molecule has 0 radical (unpaired) electrons. The first-order valence-corrected chi connectivity index (χ1v) is 9.48. The van der Waals surface area contributed by atoms with E-state index in [0.717, 1.165) is 0 Å². The molecule has 0 aliphatic rings. The van der Waals surface area contributed by atoms with Crippen molar-refractivity contribution in [3.8, 4) is 0 Å². The Morgan fingerprint density at radius 1 is 0.840 bits per heavy atom. The maximum atomic E-state index is 11.9. The first kappa shape index (κ1) is 26.5. The molecule has 0 unspecified atom stereocenters. The summed E-state index contributed by atoms with van der Waals surface area (Å²) in [5.41, 5.74) is -0.933. The molecule has 0 bridgehead atoms. The van der Waals surface area contributed by atoms with Crippen LogP contribution in [0, 0.1) is 10.8 Å². The minimum absolute atomic E-state index is 0.0280. The summed E-state index contributed by atoms with van der Waals surface area (Å²) in [5.74, 6) is 0. The van der Waals surface area contributed by atoms with Gasteiger partial charge in [-0.2, -0.15) is 0 Å². The molecule has 1 amide bonds. The molecule has 1 N–H and O–H groups in total. The number of hydrogen-bond acceptors (Lipinski definition) is 3.